The highest BCUT2D eigenvalue weighted by atomic mass is 32.2. The van der Waals surface area contributed by atoms with Crippen molar-refractivity contribution in [3.05, 3.63) is 29.8 Å². The van der Waals surface area contributed by atoms with E-state index in [1.54, 1.807) is 7.11 Å². The number of amides is 1. The SMILES string of the molecule is COc1ccc(CCN2C(=NC(=O)C(C)(C)C)SC3CS(=O)(=O)CC32)cc1. The second-order valence-electron chi connectivity index (χ2n) is 8.04. The molecule has 0 saturated carbocycles. The van der Waals surface area contributed by atoms with E-state index in [2.05, 4.69) is 4.99 Å². The molecule has 0 N–H and O–H groups in total. The Kier molecular flexibility index (Phi) is 5.59. The van der Waals surface area contributed by atoms with Crippen molar-refractivity contribution < 1.29 is 17.9 Å². The fourth-order valence-electron chi connectivity index (χ4n) is 3.19. The summed E-state index contributed by atoms with van der Waals surface area (Å²) in [5.74, 6) is 0.915. The molecule has 1 aromatic rings. The lowest BCUT2D eigenvalue weighted by atomic mass is 9.96. The van der Waals surface area contributed by atoms with Gasteiger partial charge < -0.3 is 9.64 Å². The van der Waals surface area contributed by atoms with E-state index in [4.69, 9.17) is 4.74 Å². The summed E-state index contributed by atoms with van der Waals surface area (Å²) in [4.78, 5) is 18.8. The number of nitrogens with zero attached hydrogens (tertiary/aromatic N) is 2. The number of benzene rings is 1. The molecule has 2 heterocycles. The van der Waals surface area contributed by atoms with E-state index in [9.17, 15) is 13.2 Å². The molecule has 0 aliphatic carbocycles. The zero-order chi connectivity index (χ0) is 19.8. The fraction of sp³-hybridized carbons (Fsp3) is 0.579. The first kappa shape index (κ1) is 20.2. The van der Waals surface area contributed by atoms with Crippen LogP contribution in [0.15, 0.2) is 29.3 Å². The van der Waals surface area contributed by atoms with E-state index in [0.717, 1.165) is 17.7 Å². The minimum Gasteiger partial charge on any atom is -0.497 e. The Morgan fingerprint density at radius 3 is 2.52 bits per heavy atom. The molecular weight excluding hydrogens is 384 g/mol. The van der Waals surface area contributed by atoms with Gasteiger partial charge in [-0.15, -0.1) is 0 Å². The lowest BCUT2D eigenvalue weighted by Gasteiger charge is -2.25. The maximum Gasteiger partial charge on any atom is 0.253 e. The molecule has 2 aliphatic rings. The van der Waals surface area contributed by atoms with Crippen LogP contribution in [0.2, 0.25) is 0 Å². The molecule has 8 heteroatoms. The van der Waals surface area contributed by atoms with Crippen molar-refractivity contribution in [1.82, 2.24) is 4.90 Å². The minimum absolute atomic E-state index is 0.0441. The molecule has 0 radical (unpaired) electrons. The predicted octanol–water partition coefficient (Wildman–Crippen LogP) is 2.38. The molecule has 2 saturated heterocycles. The summed E-state index contributed by atoms with van der Waals surface area (Å²) in [5, 5.41) is 0.616. The topological polar surface area (TPSA) is 76.0 Å². The van der Waals surface area contributed by atoms with Gasteiger partial charge in [0.25, 0.3) is 5.91 Å². The van der Waals surface area contributed by atoms with Crippen LogP contribution in [0.3, 0.4) is 0 Å². The molecule has 2 aliphatic heterocycles. The fourth-order valence-corrected chi connectivity index (χ4v) is 7.17. The highest BCUT2D eigenvalue weighted by Gasteiger charge is 2.48. The van der Waals surface area contributed by atoms with Gasteiger partial charge in [-0.2, -0.15) is 4.99 Å². The Labute approximate surface area is 165 Å². The third kappa shape index (κ3) is 4.66. The summed E-state index contributed by atoms with van der Waals surface area (Å²) in [5.41, 5.74) is 0.575. The second kappa shape index (κ2) is 7.47. The van der Waals surface area contributed by atoms with Gasteiger partial charge in [-0.05, 0) is 24.1 Å². The number of ether oxygens (including phenoxy) is 1. The number of rotatable bonds is 4. The summed E-state index contributed by atoms with van der Waals surface area (Å²) in [6.45, 7) is 6.15. The van der Waals surface area contributed by atoms with Gasteiger partial charge in [0, 0.05) is 17.2 Å². The molecule has 2 atom stereocenters. The summed E-state index contributed by atoms with van der Waals surface area (Å²) >= 11 is 1.43. The largest absolute Gasteiger partial charge is 0.497 e. The van der Waals surface area contributed by atoms with Gasteiger partial charge in [0.15, 0.2) is 15.0 Å². The number of sulfone groups is 1. The Balaban J connectivity index is 1.79. The van der Waals surface area contributed by atoms with E-state index in [-0.39, 0.29) is 28.7 Å². The third-order valence-electron chi connectivity index (χ3n) is 4.81. The van der Waals surface area contributed by atoms with Crippen LogP contribution in [-0.2, 0) is 21.1 Å². The first-order valence-corrected chi connectivity index (χ1v) is 11.7. The molecule has 27 heavy (non-hydrogen) atoms. The quantitative estimate of drug-likeness (QED) is 0.759. The van der Waals surface area contributed by atoms with Gasteiger partial charge >= 0.3 is 0 Å². The Hall–Kier alpha value is -1.54. The summed E-state index contributed by atoms with van der Waals surface area (Å²) in [6, 6.07) is 7.72. The number of hydrogen-bond acceptors (Lipinski definition) is 5. The van der Waals surface area contributed by atoms with Gasteiger partial charge in [0.1, 0.15) is 5.75 Å². The van der Waals surface area contributed by atoms with Gasteiger partial charge in [0.05, 0.1) is 24.7 Å². The van der Waals surface area contributed by atoms with E-state index in [0.29, 0.717) is 11.7 Å². The van der Waals surface area contributed by atoms with Crippen molar-refractivity contribution in [3.8, 4) is 5.75 Å². The van der Waals surface area contributed by atoms with Crippen LogP contribution < -0.4 is 4.74 Å². The van der Waals surface area contributed by atoms with Gasteiger partial charge in [0.2, 0.25) is 0 Å². The van der Waals surface area contributed by atoms with E-state index >= 15 is 0 Å². The van der Waals surface area contributed by atoms with Crippen LogP contribution in [0.25, 0.3) is 0 Å². The minimum atomic E-state index is -3.03. The van der Waals surface area contributed by atoms with Gasteiger partial charge in [-0.3, -0.25) is 4.79 Å². The molecule has 0 aromatic heterocycles. The van der Waals surface area contributed by atoms with Crippen LogP contribution in [0, 0.1) is 5.41 Å². The number of thioether (sulfide) groups is 1. The standard InChI is InChI=1S/C19H26N2O4S2/c1-19(2,3)17(22)20-18-21(15-11-27(23,24)12-16(15)26-18)10-9-13-5-7-14(25-4)8-6-13/h5-8,15-16H,9-12H2,1-4H3. The van der Waals surface area contributed by atoms with Crippen molar-refractivity contribution in [2.24, 2.45) is 10.4 Å². The van der Waals surface area contributed by atoms with Crippen molar-refractivity contribution in [2.45, 2.75) is 38.5 Å². The van der Waals surface area contributed by atoms with Crippen molar-refractivity contribution in [3.63, 3.8) is 0 Å². The number of hydrogen-bond donors (Lipinski definition) is 0. The first-order valence-electron chi connectivity index (χ1n) is 8.99. The first-order chi connectivity index (χ1) is 12.6. The number of methoxy groups -OCH3 is 1. The molecule has 0 bridgehead atoms. The Morgan fingerprint density at radius 2 is 1.93 bits per heavy atom. The number of amidine groups is 1. The highest BCUT2D eigenvalue weighted by Crippen LogP contribution is 2.38. The van der Waals surface area contributed by atoms with Gasteiger partial charge in [-0.1, -0.05) is 44.7 Å². The molecule has 1 aromatic carbocycles. The number of fused-ring (bicyclic) bond motifs is 1. The summed E-state index contributed by atoms with van der Waals surface area (Å²) < 4.78 is 29.3. The molecule has 3 rings (SSSR count). The Morgan fingerprint density at radius 1 is 1.26 bits per heavy atom. The smallest absolute Gasteiger partial charge is 0.253 e. The average molecular weight is 411 g/mol. The molecule has 2 fully saturated rings. The third-order valence-corrected chi connectivity index (χ3v) is 8.06. The number of carbonyl (C=O) groups excluding carboxylic acids is 1. The van der Waals surface area contributed by atoms with Gasteiger partial charge in [-0.25, -0.2) is 8.42 Å². The highest BCUT2D eigenvalue weighted by molar-refractivity contribution is 8.15. The molecule has 6 nitrogen and oxygen atoms in total. The zero-order valence-electron chi connectivity index (χ0n) is 16.1. The predicted molar refractivity (Wildman–Crippen MR) is 109 cm³/mol. The molecule has 2 unspecified atom stereocenters. The van der Waals surface area contributed by atoms with Crippen molar-refractivity contribution in [2.75, 3.05) is 25.2 Å². The second-order valence-corrected chi connectivity index (χ2v) is 11.4. The summed E-state index contributed by atoms with van der Waals surface area (Å²) in [7, 11) is -1.40. The summed E-state index contributed by atoms with van der Waals surface area (Å²) in [6.07, 6.45) is 0.747. The maximum atomic E-state index is 12.4. The van der Waals surface area contributed by atoms with Crippen LogP contribution in [0.4, 0.5) is 0 Å². The van der Waals surface area contributed by atoms with E-state index in [1.807, 2.05) is 49.9 Å². The van der Waals surface area contributed by atoms with Crippen molar-refractivity contribution in [1.29, 1.82) is 0 Å². The van der Waals surface area contributed by atoms with Crippen LogP contribution in [-0.4, -0.2) is 60.8 Å². The van der Waals surface area contributed by atoms with Crippen LogP contribution >= 0.6 is 11.8 Å². The molecule has 1 amide bonds. The van der Waals surface area contributed by atoms with Crippen LogP contribution in [0.1, 0.15) is 26.3 Å². The normalized spacial score (nSPS) is 25.6. The van der Waals surface area contributed by atoms with Crippen molar-refractivity contribution >= 4 is 32.7 Å². The molecule has 148 valence electrons. The van der Waals surface area contributed by atoms with E-state index in [1.165, 1.54) is 11.8 Å². The zero-order valence-corrected chi connectivity index (χ0v) is 17.8. The molecular formula is C19H26N2O4S2. The molecule has 0 spiro atoms. The lowest BCUT2D eigenvalue weighted by molar-refractivity contribution is -0.124. The Bertz CT molecular complexity index is 841. The monoisotopic (exact) mass is 410 g/mol. The van der Waals surface area contributed by atoms with Crippen LogP contribution in [0.5, 0.6) is 5.75 Å². The number of carbonyl (C=O) groups is 1. The maximum absolute atomic E-state index is 12.4. The average Bonchev–Trinajstić information content (AvgIpc) is 3.04. The lowest BCUT2D eigenvalue weighted by Crippen LogP contribution is -2.39. The van der Waals surface area contributed by atoms with E-state index < -0.39 is 15.3 Å². The number of aliphatic imine (C=N–C) groups is 1.